The largest absolute Gasteiger partial charge is 0.497 e. The molecule has 1 aliphatic heterocycles. The van der Waals surface area contributed by atoms with Gasteiger partial charge in [0.15, 0.2) is 0 Å². The molecule has 1 aromatic heterocycles. The molecule has 1 saturated heterocycles. The second-order valence-electron chi connectivity index (χ2n) is 6.92. The number of anilines is 1. The summed E-state index contributed by atoms with van der Waals surface area (Å²) in [6.07, 6.45) is 0. The van der Waals surface area contributed by atoms with Crippen molar-refractivity contribution in [1.29, 1.82) is 0 Å². The average molecular weight is 393 g/mol. The van der Waals surface area contributed by atoms with E-state index in [2.05, 4.69) is 36.1 Å². The van der Waals surface area contributed by atoms with E-state index in [4.69, 9.17) is 4.74 Å². The van der Waals surface area contributed by atoms with E-state index in [0.29, 0.717) is 0 Å². The van der Waals surface area contributed by atoms with E-state index in [1.165, 1.54) is 5.69 Å². The molecule has 1 fully saturated rings. The summed E-state index contributed by atoms with van der Waals surface area (Å²) in [4.78, 5) is 19.3. The number of carbonyl (C=O) groups is 1. The number of amides is 1. The number of rotatable bonds is 4. The van der Waals surface area contributed by atoms with Crippen molar-refractivity contribution in [2.24, 2.45) is 0 Å². The molecule has 1 amide bonds. The van der Waals surface area contributed by atoms with Gasteiger partial charge in [-0.3, -0.25) is 4.79 Å². The number of benzene rings is 2. The molecule has 0 atom stereocenters. The maximum atomic E-state index is 13.0. The number of carbonyl (C=O) groups excluding carboxylic acids is 1. The standard InChI is InChI=1S/C23H24N2O2S/c1-17-21(18-8-10-20(27-2)11-9-18)16-22(28-17)23(26)25-14-12-24(13-15-25)19-6-4-3-5-7-19/h3-11,16H,12-15H2,1-2H3. The van der Waals surface area contributed by atoms with Gasteiger partial charge in [-0.25, -0.2) is 0 Å². The van der Waals surface area contributed by atoms with Crippen LogP contribution in [0.4, 0.5) is 5.69 Å². The normalized spacial score (nSPS) is 14.2. The minimum absolute atomic E-state index is 0.139. The Bertz CT molecular complexity index is 942. The quantitative estimate of drug-likeness (QED) is 0.645. The summed E-state index contributed by atoms with van der Waals surface area (Å²) in [7, 11) is 1.67. The van der Waals surface area contributed by atoms with E-state index >= 15 is 0 Å². The number of hydrogen-bond acceptors (Lipinski definition) is 4. The van der Waals surface area contributed by atoms with Crippen LogP contribution >= 0.6 is 11.3 Å². The Hall–Kier alpha value is -2.79. The summed E-state index contributed by atoms with van der Waals surface area (Å²) < 4.78 is 5.24. The summed E-state index contributed by atoms with van der Waals surface area (Å²) in [6, 6.07) is 20.4. The van der Waals surface area contributed by atoms with Crippen LogP contribution in [0.15, 0.2) is 60.7 Å². The number of para-hydroxylation sites is 1. The fraction of sp³-hybridized carbons (Fsp3) is 0.261. The average Bonchev–Trinajstić information content (AvgIpc) is 3.15. The highest BCUT2D eigenvalue weighted by molar-refractivity contribution is 7.14. The molecule has 0 bridgehead atoms. The van der Waals surface area contributed by atoms with E-state index in [1.54, 1.807) is 18.4 Å². The van der Waals surface area contributed by atoms with Crippen LogP contribution < -0.4 is 9.64 Å². The number of nitrogens with zero attached hydrogens (tertiary/aromatic N) is 2. The highest BCUT2D eigenvalue weighted by Crippen LogP contribution is 2.33. The van der Waals surface area contributed by atoms with Crippen molar-refractivity contribution in [2.45, 2.75) is 6.92 Å². The highest BCUT2D eigenvalue weighted by Gasteiger charge is 2.24. The van der Waals surface area contributed by atoms with Gasteiger partial charge < -0.3 is 14.5 Å². The van der Waals surface area contributed by atoms with E-state index in [0.717, 1.165) is 52.8 Å². The molecule has 3 aromatic rings. The minimum atomic E-state index is 0.139. The van der Waals surface area contributed by atoms with Gasteiger partial charge in [0.2, 0.25) is 0 Å². The molecule has 0 N–H and O–H groups in total. The van der Waals surface area contributed by atoms with Crippen LogP contribution in [0.2, 0.25) is 0 Å². The number of piperazine rings is 1. The monoisotopic (exact) mass is 392 g/mol. The van der Waals surface area contributed by atoms with Gasteiger partial charge in [0, 0.05) is 36.7 Å². The lowest BCUT2D eigenvalue weighted by atomic mass is 10.1. The zero-order valence-electron chi connectivity index (χ0n) is 16.2. The van der Waals surface area contributed by atoms with Crippen molar-refractivity contribution in [2.75, 3.05) is 38.2 Å². The summed E-state index contributed by atoms with van der Waals surface area (Å²) >= 11 is 1.58. The summed E-state index contributed by atoms with van der Waals surface area (Å²) in [6.45, 7) is 5.32. The van der Waals surface area contributed by atoms with E-state index in [9.17, 15) is 4.79 Å². The molecular formula is C23H24N2O2S. The smallest absolute Gasteiger partial charge is 0.264 e. The Labute approximate surface area is 170 Å². The molecule has 0 saturated carbocycles. The molecule has 5 heteroatoms. The lowest BCUT2D eigenvalue weighted by Gasteiger charge is -2.36. The molecule has 4 nitrogen and oxygen atoms in total. The van der Waals surface area contributed by atoms with Gasteiger partial charge in [0.25, 0.3) is 5.91 Å². The highest BCUT2D eigenvalue weighted by atomic mass is 32.1. The molecule has 2 heterocycles. The number of ether oxygens (including phenoxy) is 1. The van der Waals surface area contributed by atoms with Gasteiger partial charge in [0.1, 0.15) is 5.75 Å². The maximum absolute atomic E-state index is 13.0. The van der Waals surface area contributed by atoms with Gasteiger partial charge in [-0.1, -0.05) is 30.3 Å². The van der Waals surface area contributed by atoms with Crippen molar-refractivity contribution in [3.8, 4) is 16.9 Å². The van der Waals surface area contributed by atoms with Gasteiger partial charge in [0.05, 0.1) is 12.0 Å². The second-order valence-corrected chi connectivity index (χ2v) is 8.18. The van der Waals surface area contributed by atoms with Gasteiger partial charge >= 0.3 is 0 Å². The van der Waals surface area contributed by atoms with Crippen LogP contribution in [0.5, 0.6) is 5.75 Å². The minimum Gasteiger partial charge on any atom is -0.497 e. The first kappa shape index (κ1) is 18.6. The maximum Gasteiger partial charge on any atom is 0.264 e. The molecular weight excluding hydrogens is 368 g/mol. The van der Waals surface area contributed by atoms with Crippen LogP contribution in [-0.2, 0) is 0 Å². The fourth-order valence-electron chi connectivity index (χ4n) is 3.61. The van der Waals surface area contributed by atoms with Crippen LogP contribution in [0.25, 0.3) is 11.1 Å². The van der Waals surface area contributed by atoms with Crippen molar-refractivity contribution in [3.63, 3.8) is 0 Å². The van der Waals surface area contributed by atoms with Crippen LogP contribution in [0.1, 0.15) is 14.5 Å². The summed E-state index contributed by atoms with van der Waals surface area (Å²) in [5.74, 6) is 0.977. The fourth-order valence-corrected chi connectivity index (χ4v) is 4.62. The van der Waals surface area contributed by atoms with Gasteiger partial charge in [-0.05, 0) is 48.4 Å². The zero-order valence-corrected chi connectivity index (χ0v) is 17.0. The van der Waals surface area contributed by atoms with Crippen LogP contribution in [-0.4, -0.2) is 44.1 Å². The van der Waals surface area contributed by atoms with Gasteiger partial charge in [-0.2, -0.15) is 0 Å². The molecule has 144 valence electrons. The third kappa shape index (κ3) is 3.76. The lowest BCUT2D eigenvalue weighted by Crippen LogP contribution is -2.48. The Morgan fingerprint density at radius 2 is 1.64 bits per heavy atom. The van der Waals surface area contributed by atoms with Crippen LogP contribution in [0, 0.1) is 6.92 Å². The van der Waals surface area contributed by atoms with E-state index in [1.807, 2.05) is 41.3 Å². The van der Waals surface area contributed by atoms with Crippen molar-refractivity contribution in [1.82, 2.24) is 4.90 Å². The van der Waals surface area contributed by atoms with E-state index in [-0.39, 0.29) is 5.91 Å². The van der Waals surface area contributed by atoms with Gasteiger partial charge in [-0.15, -0.1) is 11.3 Å². The zero-order chi connectivity index (χ0) is 19.5. The Morgan fingerprint density at radius 3 is 2.29 bits per heavy atom. The molecule has 0 spiro atoms. The van der Waals surface area contributed by atoms with Crippen molar-refractivity contribution >= 4 is 22.9 Å². The first-order valence-electron chi connectivity index (χ1n) is 9.50. The Balaban J connectivity index is 1.45. The summed E-state index contributed by atoms with van der Waals surface area (Å²) in [5.41, 5.74) is 3.46. The van der Waals surface area contributed by atoms with Crippen molar-refractivity contribution in [3.05, 3.63) is 70.4 Å². The first-order chi connectivity index (χ1) is 13.7. The third-order valence-corrected chi connectivity index (χ3v) is 6.26. The number of methoxy groups -OCH3 is 1. The molecule has 2 aromatic carbocycles. The summed E-state index contributed by atoms with van der Waals surface area (Å²) in [5, 5.41) is 0. The SMILES string of the molecule is COc1ccc(-c2cc(C(=O)N3CCN(c4ccccc4)CC3)sc2C)cc1. The molecule has 1 aliphatic rings. The number of aryl methyl sites for hydroxylation is 1. The Morgan fingerprint density at radius 1 is 0.964 bits per heavy atom. The third-order valence-electron chi connectivity index (χ3n) is 5.22. The molecule has 0 aliphatic carbocycles. The van der Waals surface area contributed by atoms with Crippen molar-refractivity contribution < 1.29 is 9.53 Å². The predicted molar refractivity (Wildman–Crippen MR) is 116 cm³/mol. The molecule has 28 heavy (non-hydrogen) atoms. The second kappa shape index (κ2) is 8.07. The van der Waals surface area contributed by atoms with E-state index < -0.39 is 0 Å². The number of thiophene rings is 1. The number of hydrogen-bond donors (Lipinski definition) is 0. The molecule has 0 radical (unpaired) electrons. The molecule has 4 rings (SSSR count). The van der Waals surface area contributed by atoms with Crippen LogP contribution in [0.3, 0.4) is 0 Å². The Kier molecular flexibility index (Phi) is 5.35. The topological polar surface area (TPSA) is 32.8 Å². The lowest BCUT2D eigenvalue weighted by molar-refractivity contribution is 0.0751. The predicted octanol–water partition coefficient (Wildman–Crippen LogP) is 4.69. The molecule has 0 unspecified atom stereocenters. The first-order valence-corrected chi connectivity index (χ1v) is 10.3.